The molecule has 7 nitrogen and oxygen atoms in total. The van der Waals surface area contributed by atoms with Gasteiger partial charge < -0.3 is 5.11 Å². The first kappa shape index (κ1) is 15.3. The third-order valence-corrected chi connectivity index (χ3v) is 5.79. The Kier molecular flexibility index (Phi) is 4.89. The summed E-state index contributed by atoms with van der Waals surface area (Å²) in [5.74, 6) is -2.03. The van der Waals surface area contributed by atoms with Gasteiger partial charge in [0.2, 0.25) is 10.0 Å². The van der Waals surface area contributed by atoms with Gasteiger partial charge in [0.25, 0.3) is 0 Å². The number of carbonyl (C=O) groups is 1. The Balaban J connectivity index is 4.73. The summed E-state index contributed by atoms with van der Waals surface area (Å²) in [7, 11) is -6.47. The lowest BCUT2D eigenvalue weighted by molar-refractivity contribution is -0.141. The van der Waals surface area contributed by atoms with Gasteiger partial charge in [-0.3, -0.25) is 4.79 Å². The molecule has 0 rings (SSSR count). The lowest BCUT2D eigenvalue weighted by Crippen LogP contribution is -2.36. The molecule has 0 radical (unpaired) electrons. The van der Waals surface area contributed by atoms with Gasteiger partial charge in [-0.2, -0.15) is 0 Å². The van der Waals surface area contributed by atoms with Crippen LogP contribution in [0.2, 0.25) is 0 Å². The number of carboxylic acid groups (broad SMARTS) is 1. The Labute approximate surface area is 95.0 Å². The number of carboxylic acids is 1. The standard InChI is InChI=1S/C7H15NO6S2/c1-6(7(9)10)4-8(2)16(13,14)5-15(3,11)12/h6H,4-5H2,1-3H3,(H,9,10). The van der Waals surface area contributed by atoms with E-state index in [0.717, 1.165) is 17.6 Å². The Morgan fingerprint density at radius 3 is 2.06 bits per heavy atom. The van der Waals surface area contributed by atoms with Crippen molar-refractivity contribution in [2.45, 2.75) is 6.92 Å². The minimum atomic E-state index is -3.96. The molecule has 0 aliphatic carbocycles. The van der Waals surface area contributed by atoms with E-state index in [9.17, 15) is 21.6 Å². The van der Waals surface area contributed by atoms with Crippen LogP contribution in [-0.4, -0.2) is 57.1 Å². The van der Waals surface area contributed by atoms with Crippen LogP contribution in [0.1, 0.15) is 6.92 Å². The molecular weight excluding hydrogens is 258 g/mol. The molecular formula is C7H15NO6S2. The van der Waals surface area contributed by atoms with Crippen LogP contribution < -0.4 is 0 Å². The van der Waals surface area contributed by atoms with E-state index < -0.39 is 36.8 Å². The maximum atomic E-state index is 11.5. The zero-order chi connectivity index (χ0) is 13.1. The molecule has 0 amide bonds. The smallest absolute Gasteiger partial charge is 0.307 e. The molecule has 0 fully saturated rings. The maximum Gasteiger partial charge on any atom is 0.307 e. The van der Waals surface area contributed by atoms with Crippen LogP contribution in [0.4, 0.5) is 0 Å². The number of rotatable bonds is 6. The third kappa shape index (κ3) is 5.42. The van der Waals surface area contributed by atoms with Crippen molar-refractivity contribution < 1.29 is 26.7 Å². The van der Waals surface area contributed by atoms with E-state index in [-0.39, 0.29) is 6.54 Å². The molecule has 0 bridgehead atoms. The molecule has 0 aromatic carbocycles. The van der Waals surface area contributed by atoms with Crippen LogP contribution in [0.3, 0.4) is 0 Å². The first-order valence-electron chi connectivity index (χ1n) is 4.30. The predicted molar refractivity (Wildman–Crippen MR) is 58.1 cm³/mol. The summed E-state index contributed by atoms with van der Waals surface area (Å²) in [6, 6.07) is 0. The van der Waals surface area contributed by atoms with Crippen molar-refractivity contribution >= 4 is 25.8 Å². The number of sulfonamides is 1. The number of sulfone groups is 1. The number of aliphatic carboxylic acids is 1. The van der Waals surface area contributed by atoms with Crippen molar-refractivity contribution in [3.05, 3.63) is 0 Å². The van der Waals surface area contributed by atoms with Crippen molar-refractivity contribution in [2.75, 3.05) is 24.9 Å². The lowest BCUT2D eigenvalue weighted by atomic mass is 10.2. The average molecular weight is 273 g/mol. The highest BCUT2D eigenvalue weighted by atomic mass is 32.3. The molecule has 0 saturated heterocycles. The molecule has 16 heavy (non-hydrogen) atoms. The summed E-state index contributed by atoms with van der Waals surface area (Å²) >= 11 is 0. The number of hydrogen-bond acceptors (Lipinski definition) is 5. The van der Waals surface area contributed by atoms with Gasteiger partial charge in [-0.15, -0.1) is 0 Å². The molecule has 1 atom stereocenters. The van der Waals surface area contributed by atoms with Gasteiger partial charge in [0, 0.05) is 19.8 Å². The largest absolute Gasteiger partial charge is 0.481 e. The van der Waals surface area contributed by atoms with E-state index in [1.165, 1.54) is 6.92 Å². The topological polar surface area (TPSA) is 109 Å². The van der Waals surface area contributed by atoms with Crippen LogP contribution >= 0.6 is 0 Å². The maximum absolute atomic E-state index is 11.5. The van der Waals surface area contributed by atoms with E-state index in [1.807, 2.05) is 0 Å². The summed E-state index contributed by atoms with van der Waals surface area (Å²) in [6.45, 7) is 1.09. The molecule has 1 N–H and O–H groups in total. The van der Waals surface area contributed by atoms with Crippen LogP contribution in [0, 0.1) is 5.92 Å². The Bertz CT molecular complexity index is 451. The summed E-state index contributed by atoms with van der Waals surface area (Å²) in [4.78, 5) is 10.5. The highest BCUT2D eigenvalue weighted by Crippen LogP contribution is 2.06. The Hall–Kier alpha value is -0.670. The fourth-order valence-electron chi connectivity index (χ4n) is 0.938. The second-order valence-corrected chi connectivity index (χ2v) is 8.26. The van der Waals surface area contributed by atoms with Crippen molar-refractivity contribution in [3.8, 4) is 0 Å². The lowest BCUT2D eigenvalue weighted by Gasteiger charge is -2.18. The number of hydrogen-bond donors (Lipinski definition) is 1. The van der Waals surface area contributed by atoms with E-state index in [0.29, 0.717) is 0 Å². The molecule has 0 heterocycles. The molecule has 0 aliphatic rings. The van der Waals surface area contributed by atoms with Crippen molar-refractivity contribution in [1.82, 2.24) is 4.31 Å². The highest BCUT2D eigenvalue weighted by molar-refractivity contribution is 8.06. The second kappa shape index (κ2) is 5.11. The Morgan fingerprint density at radius 1 is 1.31 bits per heavy atom. The van der Waals surface area contributed by atoms with Gasteiger partial charge in [-0.05, 0) is 0 Å². The molecule has 0 saturated carbocycles. The number of nitrogens with zero attached hydrogens (tertiary/aromatic N) is 1. The zero-order valence-electron chi connectivity index (χ0n) is 9.24. The average Bonchev–Trinajstić information content (AvgIpc) is 1.98. The van der Waals surface area contributed by atoms with Crippen LogP contribution in [0.25, 0.3) is 0 Å². The van der Waals surface area contributed by atoms with Gasteiger partial charge in [-0.1, -0.05) is 6.92 Å². The first-order chi connectivity index (χ1) is 6.96. The highest BCUT2D eigenvalue weighted by Gasteiger charge is 2.26. The van der Waals surface area contributed by atoms with Crippen molar-refractivity contribution in [2.24, 2.45) is 5.92 Å². The second-order valence-electron chi connectivity index (χ2n) is 3.68. The van der Waals surface area contributed by atoms with Crippen LogP contribution in [0.5, 0.6) is 0 Å². The fourth-order valence-corrected chi connectivity index (χ4v) is 4.27. The first-order valence-corrected chi connectivity index (χ1v) is 7.97. The van der Waals surface area contributed by atoms with Crippen molar-refractivity contribution in [1.29, 1.82) is 0 Å². The van der Waals surface area contributed by atoms with E-state index in [1.54, 1.807) is 0 Å². The molecule has 0 spiro atoms. The minimum absolute atomic E-state index is 0.257. The van der Waals surface area contributed by atoms with E-state index >= 15 is 0 Å². The Morgan fingerprint density at radius 2 is 1.75 bits per heavy atom. The monoisotopic (exact) mass is 273 g/mol. The molecule has 0 aromatic rings. The molecule has 1 unspecified atom stereocenters. The van der Waals surface area contributed by atoms with Crippen LogP contribution in [0.15, 0.2) is 0 Å². The normalized spacial score (nSPS) is 15.0. The van der Waals surface area contributed by atoms with Crippen molar-refractivity contribution in [3.63, 3.8) is 0 Å². The molecule has 9 heteroatoms. The summed E-state index contributed by atoms with van der Waals surface area (Å²) in [5.41, 5.74) is 0. The molecule has 0 aromatic heterocycles. The molecule has 0 aliphatic heterocycles. The van der Waals surface area contributed by atoms with Gasteiger partial charge in [0.1, 0.15) is 0 Å². The molecule has 96 valence electrons. The van der Waals surface area contributed by atoms with Gasteiger partial charge in [0.15, 0.2) is 14.9 Å². The van der Waals surface area contributed by atoms with E-state index in [2.05, 4.69) is 0 Å². The SMILES string of the molecule is CC(CN(C)S(=O)(=O)CS(C)(=O)=O)C(=O)O. The van der Waals surface area contributed by atoms with E-state index in [4.69, 9.17) is 5.11 Å². The predicted octanol–water partition coefficient (Wildman–Crippen LogP) is -1.03. The van der Waals surface area contributed by atoms with Gasteiger partial charge in [-0.25, -0.2) is 21.1 Å². The minimum Gasteiger partial charge on any atom is -0.481 e. The van der Waals surface area contributed by atoms with Crippen LogP contribution in [-0.2, 0) is 24.7 Å². The zero-order valence-corrected chi connectivity index (χ0v) is 10.9. The fraction of sp³-hybridized carbons (Fsp3) is 0.857. The van der Waals surface area contributed by atoms with Gasteiger partial charge in [0.05, 0.1) is 5.92 Å². The van der Waals surface area contributed by atoms with Gasteiger partial charge >= 0.3 is 5.97 Å². The quantitative estimate of drug-likeness (QED) is 0.663. The summed E-state index contributed by atoms with van der Waals surface area (Å²) < 4.78 is 45.4. The summed E-state index contributed by atoms with van der Waals surface area (Å²) in [6.07, 6.45) is 0.805. The summed E-state index contributed by atoms with van der Waals surface area (Å²) in [5, 5.41) is 7.58. The third-order valence-electron chi connectivity index (χ3n) is 1.79.